The van der Waals surface area contributed by atoms with Gasteiger partial charge < -0.3 is 9.13 Å². The number of anilines is 2. The van der Waals surface area contributed by atoms with Crippen LogP contribution in [0.5, 0.6) is 0 Å². The van der Waals surface area contributed by atoms with Gasteiger partial charge in [0.15, 0.2) is 5.82 Å². The van der Waals surface area contributed by atoms with Gasteiger partial charge in [-0.05, 0) is 44.0 Å². The molecule has 7 nitrogen and oxygen atoms in total. The smallest absolute Gasteiger partial charge is 0.242 e. The molecule has 7 heteroatoms. The van der Waals surface area contributed by atoms with Crippen LogP contribution in [-0.4, -0.2) is 30.0 Å². The van der Waals surface area contributed by atoms with Crippen LogP contribution in [0.25, 0.3) is 16.9 Å². The van der Waals surface area contributed by atoms with Gasteiger partial charge in [0.1, 0.15) is 0 Å². The number of hydrogen-bond donors (Lipinski definition) is 0. The van der Waals surface area contributed by atoms with E-state index >= 15 is 0 Å². The molecule has 4 heterocycles. The van der Waals surface area contributed by atoms with Gasteiger partial charge in [-0.15, -0.1) is 0 Å². The molecule has 0 fully saturated rings. The lowest BCUT2D eigenvalue weighted by atomic mass is 9.86. The molecule has 1 aliphatic heterocycles. The second kappa shape index (κ2) is 6.38. The van der Waals surface area contributed by atoms with E-state index in [1.54, 1.807) is 23.8 Å². The summed E-state index contributed by atoms with van der Waals surface area (Å²) in [6.07, 6.45) is 11.0. The molecule has 0 atom stereocenters. The van der Waals surface area contributed by atoms with E-state index < -0.39 is 5.41 Å². The average Bonchev–Trinajstić information content (AvgIpc) is 3.41. The first-order chi connectivity index (χ1) is 14.4. The second-order valence-corrected chi connectivity index (χ2v) is 8.22. The largest absolute Gasteiger partial charge is 0.338 e. The predicted molar refractivity (Wildman–Crippen MR) is 115 cm³/mol. The average molecular weight is 398 g/mol. The standard InChI is InChI=1S/C23H22N6O/c1-15-10-24-8-7-19(15)28-11-18(25-14-28)16-5-6-17-20(9-16)29(22(30)23(17,2)3)21-12-27(4)13-26-21/h5-14H,1-4H3. The first-order valence-corrected chi connectivity index (χ1v) is 9.78. The normalized spacial score (nSPS) is 14.9. The van der Waals surface area contributed by atoms with Gasteiger partial charge in [-0.2, -0.15) is 0 Å². The third-order valence-corrected chi connectivity index (χ3v) is 5.72. The van der Waals surface area contributed by atoms with Gasteiger partial charge in [0.2, 0.25) is 5.91 Å². The number of hydrogen-bond acceptors (Lipinski definition) is 4. The summed E-state index contributed by atoms with van der Waals surface area (Å²) in [7, 11) is 1.90. The predicted octanol–water partition coefficient (Wildman–Crippen LogP) is 3.93. The maximum Gasteiger partial charge on any atom is 0.242 e. The fraction of sp³-hybridized carbons (Fsp3) is 0.217. The van der Waals surface area contributed by atoms with Crippen molar-refractivity contribution in [2.75, 3.05) is 4.90 Å². The second-order valence-electron chi connectivity index (χ2n) is 8.22. The Morgan fingerprint density at radius 3 is 2.57 bits per heavy atom. The van der Waals surface area contributed by atoms with E-state index in [9.17, 15) is 4.79 Å². The lowest BCUT2D eigenvalue weighted by molar-refractivity contribution is -0.121. The van der Waals surface area contributed by atoms with E-state index in [1.807, 2.05) is 79.8 Å². The minimum atomic E-state index is -0.612. The Morgan fingerprint density at radius 2 is 1.83 bits per heavy atom. The Morgan fingerprint density at radius 1 is 1.00 bits per heavy atom. The maximum absolute atomic E-state index is 13.2. The minimum absolute atomic E-state index is 0.0197. The molecule has 30 heavy (non-hydrogen) atoms. The Labute approximate surface area is 174 Å². The summed E-state index contributed by atoms with van der Waals surface area (Å²) in [5.74, 6) is 0.649. The van der Waals surface area contributed by atoms with Crippen molar-refractivity contribution in [1.29, 1.82) is 0 Å². The van der Waals surface area contributed by atoms with Crippen LogP contribution in [0.4, 0.5) is 11.5 Å². The Bertz CT molecular complexity index is 1280. The Balaban J connectivity index is 1.60. The van der Waals surface area contributed by atoms with Crippen molar-refractivity contribution in [2.45, 2.75) is 26.2 Å². The summed E-state index contributed by atoms with van der Waals surface area (Å²) >= 11 is 0. The molecule has 5 rings (SSSR count). The Hall–Kier alpha value is -3.74. The molecule has 150 valence electrons. The van der Waals surface area contributed by atoms with Gasteiger partial charge in [0.05, 0.1) is 35.1 Å². The number of carbonyl (C=O) groups excluding carboxylic acids is 1. The molecule has 1 amide bonds. The summed E-state index contributed by atoms with van der Waals surface area (Å²) in [4.78, 5) is 28.1. The van der Waals surface area contributed by atoms with Crippen molar-refractivity contribution in [3.63, 3.8) is 0 Å². The lowest BCUT2D eigenvalue weighted by Crippen LogP contribution is -2.33. The Kier molecular flexibility index (Phi) is 3.89. The number of rotatable bonds is 3. The number of pyridine rings is 1. The van der Waals surface area contributed by atoms with E-state index in [1.165, 1.54) is 0 Å². The first kappa shape index (κ1) is 18.3. The maximum atomic E-state index is 13.2. The van der Waals surface area contributed by atoms with Crippen molar-refractivity contribution in [3.8, 4) is 16.9 Å². The number of benzene rings is 1. The number of imidazole rings is 2. The first-order valence-electron chi connectivity index (χ1n) is 9.78. The number of aryl methyl sites for hydroxylation is 2. The highest BCUT2D eigenvalue weighted by atomic mass is 16.2. The number of carbonyl (C=O) groups is 1. The monoisotopic (exact) mass is 398 g/mol. The van der Waals surface area contributed by atoms with Crippen molar-refractivity contribution in [3.05, 3.63) is 72.8 Å². The van der Waals surface area contributed by atoms with Crippen LogP contribution in [0.15, 0.2) is 61.7 Å². The molecule has 0 saturated carbocycles. The van der Waals surface area contributed by atoms with Crippen molar-refractivity contribution < 1.29 is 4.79 Å². The third kappa shape index (κ3) is 2.66. The van der Waals surface area contributed by atoms with E-state index in [0.29, 0.717) is 5.82 Å². The van der Waals surface area contributed by atoms with Gasteiger partial charge in [-0.3, -0.25) is 14.7 Å². The van der Waals surface area contributed by atoms with Crippen LogP contribution < -0.4 is 4.90 Å². The van der Waals surface area contributed by atoms with Crippen LogP contribution in [-0.2, 0) is 17.3 Å². The topological polar surface area (TPSA) is 68.8 Å². The van der Waals surface area contributed by atoms with Crippen LogP contribution in [0, 0.1) is 6.92 Å². The van der Waals surface area contributed by atoms with Gasteiger partial charge in [-0.25, -0.2) is 9.97 Å². The molecule has 0 saturated heterocycles. The van der Waals surface area contributed by atoms with Crippen molar-refractivity contribution >= 4 is 17.4 Å². The highest BCUT2D eigenvalue weighted by molar-refractivity contribution is 6.12. The molecule has 3 aromatic heterocycles. The van der Waals surface area contributed by atoms with Gasteiger partial charge in [0.25, 0.3) is 0 Å². The molecule has 0 radical (unpaired) electrons. The SMILES string of the molecule is Cc1cnccc1-n1cnc(-c2ccc3c(c2)N(c2cn(C)cn2)C(=O)C3(C)C)c1. The molecular weight excluding hydrogens is 376 g/mol. The summed E-state index contributed by atoms with van der Waals surface area (Å²) in [5, 5.41) is 0. The van der Waals surface area contributed by atoms with Gasteiger partial charge in [0, 0.05) is 37.4 Å². The van der Waals surface area contributed by atoms with Crippen LogP contribution in [0.2, 0.25) is 0 Å². The summed E-state index contributed by atoms with van der Waals surface area (Å²) in [6, 6.07) is 8.06. The number of amides is 1. The van der Waals surface area contributed by atoms with E-state index in [-0.39, 0.29) is 5.91 Å². The van der Waals surface area contributed by atoms with Crippen molar-refractivity contribution in [1.82, 2.24) is 24.1 Å². The van der Waals surface area contributed by atoms with Crippen LogP contribution in [0.1, 0.15) is 25.0 Å². The highest BCUT2D eigenvalue weighted by Crippen LogP contribution is 2.46. The number of aromatic nitrogens is 5. The summed E-state index contributed by atoms with van der Waals surface area (Å²) in [6.45, 7) is 5.94. The molecule has 0 spiro atoms. The van der Waals surface area contributed by atoms with Crippen molar-refractivity contribution in [2.24, 2.45) is 7.05 Å². The lowest BCUT2D eigenvalue weighted by Gasteiger charge is -2.18. The molecule has 0 aliphatic carbocycles. The van der Waals surface area contributed by atoms with E-state index in [2.05, 4.69) is 15.0 Å². The number of fused-ring (bicyclic) bond motifs is 1. The molecule has 0 N–H and O–H groups in total. The fourth-order valence-electron chi connectivity index (χ4n) is 4.01. The third-order valence-electron chi connectivity index (χ3n) is 5.72. The zero-order valence-corrected chi connectivity index (χ0v) is 17.4. The van der Waals surface area contributed by atoms with Crippen LogP contribution >= 0.6 is 0 Å². The van der Waals surface area contributed by atoms with Crippen LogP contribution in [0.3, 0.4) is 0 Å². The zero-order valence-electron chi connectivity index (χ0n) is 17.4. The highest BCUT2D eigenvalue weighted by Gasteiger charge is 2.45. The molecule has 1 aliphatic rings. The summed E-state index contributed by atoms with van der Waals surface area (Å²) < 4.78 is 3.83. The molecule has 1 aromatic carbocycles. The molecular formula is C23H22N6O. The zero-order chi connectivity index (χ0) is 21.0. The van der Waals surface area contributed by atoms with Gasteiger partial charge in [-0.1, -0.05) is 12.1 Å². The number of nitrogens with zero attached hydrogens (tertiary/aromatic N) is 6. The van der Waals surface area contributed by atoms with E-state index in [4.69, 9.17) is 0 Å². The molecule has 0 bridgehead atoms. The summed E-state index contributed by atoms with van der Waals surface area (Å²) in [5.41, 5.74) is 5.14. The molecule has 0 unspecified atom stereocenters. The fourth-order valence-corrected chi connectivity index (χ4v) is 4.01. The van der Waals surface area contributed by atoms with E-state index in [0.717, 1.165) is 33.8 Å². The quantitative estimate of drug-likeness (QED) is 0.524. The van der Waals surface area contributed by atoms with Gasteiger partial charge >= 0.3 is 0 Å². The molecule has 4 aromatic rings. The minimum Gasteiger partial charge on any atom is -0.338 e.